The van der Waals surface area contributed by atoms with Crippen LogP contribution in [0.4, 0.5) is 0 Å². The van der Waals surface area contributed by atoms with E-state index in [2.05, 4.69) is 17.4 Å². The first-order valence-electron chi connectivity index (χ1n) is 9.83. The summed E-state index contributed by atoms with van der Waals surface area (Å²) in [6.07, 6.45) is 2.75. The normalized spacial score (nSPS) is 15.6. The average Bonchev–Trinajstić information content (AvgIpc) is 2.77. The lowest BCUT2D eigenvalue weighted by molar-refractivity contribution is -0.126. The number of hydrogen-bond donors (Lipinski definition) is 1. The molecule has 0 aliphatic carbocycles. The molecule has 1 N–H and O–H groups in total. The molecule has 2 aromatic rings. The van der Waals surface area contributed by atoms with Crippen molar-refractivity contribution in [2.75, 3.05) is 19.6 Å². The predicted molar refractivity (Wildman–Crippen MR) is 110 cm³/mol. The summed E-state index contributed by atoms with van der Waals surface area (Å²) in [7, 11) is -3.73. The quantitative estimate of drug-likeness (QED) is 0.710. The largest absolute Gasteiger partial charge is 0.356 e. The highest BCUT2D eigenvalue weighted by Gasteiger charge is 2.33. The maximum atomic E-state index is 12.9. The van der Waals surface area contributed by atoms with Crippen LogP contribution in [0.2, 0.25) is 0 Å². The fraction of sp³-hybridized carbons (Fsp3) is 0.364. The Bertz CT molecular complexity index is 976. The summed E-state index contributed by atoms with van der Waals surface area (Å²) in [4.78, 5) is 12.4. The summed E-state index contributed by atoms with van der Waals surface area (Å²) in [5.74, 6) is -0.183. The Balaban J connectivity index is 1.48. The van der Waals surface area contributed by atoms with Gasteiger partial charge in [-0.2, -0.15) is 9.57 Å². The number of carbonyl (C=O) groups excluding carboxylic acids is 1. The summed E-state index contributed by atoms with van der Waals surface area (Å²) in [5, 5.41) is 12.2. The van der Waals surface area contributed by atoms with Crippen LogP contribution in [-0.2, 0) is 21.2 Å². The van der Waals surface area contributed by atoms with Crippen LogP contribution in [0.1, 0.15) is 30.4 Å². The number of carbonyl (C=O) groups is 1. The molecule has 1 fully saturated rings. The van der Waals surface area contributed by atoms with Gasteiger partial charge in [-0.3, -0.25) is 4.79 Å². The van der Waals surface area contributed by atoms with Gasteiger partial charge in [-0.1, -0.05) is 42.5 Å². The first-order valence-corrected chi connectivity index (χ1v) is 11.3. The van der Waals surface area contributed by atoms with Gasteiger partial charge in [-0.05, 0) is 43.4 Å². The fourth-order valence-electron chi connectivity index (χ4n) is 3.57. The summed E-state index contributed by atoms with van der Waals surface area (Å²) in [6.45, 7) is 1.18. The van der Waals surface area contributed by atoms with Gasteiger partial charge < -0.3 is 5.32 Å². The molecule has 2 aromatic carbocycles. The van der Waals surface area contributed by atoms with Crippen molar-refractivity contribution in [2.45, 2.75) is 30.6 Å². The SMILES string of the molecule is N#Cc1ccccc1S(=O)(=O)N1CCC(C(=O)NCCCc2ccccc2)CC1. The van der Waals surface area contributed by atoms with E-state index >= 15 is 0 Å². The van der Waals surface area contributed by atoms with E-state index in [0.29, 0.717) is 19.4 Å². The lowest BCUT2D eigenvalue weighted by Gasteiger charge is -2.30. The van der Waals surface area contributed by atoms with Gasteiger partial charge in [0.1, 0.15) is 6.07 Å². The minimum atomic E-state index is -3.73. The lowest BCUT2D eigenvalue weighted by Crippen LogP contribution is -2.43. The van der Waals surface area contributed by atoms with Crippen molar-refractivity contribution >= 4 is 15.9 Å². The molecule has 1 heterocycles. The Kier molecular flexibility index (Phi) is 7.02. The zero-order valence-corrected chi connectivity index (χ0v) is 17.1. The second kappa shape index (κ2) is 9.68. The van der Waals surface area contributed by atoms with E-state index in [0.717, 1.165) is 12.8 Å². The second-order valence-corrected chi connectivity index (χ2v) is 9.07. The van der Waals surface area contributed by atoms with E-state index in [1.165, 1.54) is 22.0 Å². The van der Waals surface area contributed by atoms with E-state index in [1.54, 1.807) is 12.1 Å². The van der Waals surface area contributed by atoms with E-state index < -0.39 is 10.0 Å². The third kappa shape index (κ3) is 5.22. The van der Waals surface area contributed by atoms with Crippen LogP contribution in [0.25, 0.3) is 0 Å². The van der Waals surface area contributed by atoms with Crippen LogP contribution in [0.15, 0.2) is 59.5 Å². The van der Waals surface area contributed by atoms with Crippen LogP contribution in [0.5, 0.6) is 0 Å². The second-order valence-electron chi connectivity index (χ2n) is 7.17. The zero-order valence-electron chi connectivity index (χ0n) is 16.3. The minimum Gasteiger partial charge on any atom is -0.356 e. The summed E-state index contributed by atoms with van der Waals surface area (Å²) in [6, 6.07) is 18.3. The highest BCUT2D eigenvalue weighted by Crippen LogP contribution is 2.25. The van der Waals surface area contributed by atoms with Gasteiger partial charge in [-0.15, -0.1) is 0 Å². The Morgan fingerprint density at radius 2 is 1.72 bits per heavy atom. The van der Waals surface area contributed by atoms with Crippen LogP contribution < -0.4 is 5.32 Å². The summed E-state index contributed by atoms with van der Waals surface area (Å²) < 4.78 is 27.1. The van der Waals surface area contributed by atoms with Gasteiger partial charge in [0.05, 0.1) is 10.5 Å². The number of nitrogens with zero attached hydrogens (tertiary/aromatic N) is 2. The first-order chi connectivity index (χ1) is 14.0. The third-order valence-corrected chi connectivity index (χ3v) is 7.19. The molecular formula is C22H25N3O3S. The van der Waals surface area contributed by atoms with Crippen LogP contribution in [0, 0.1) is 17.2 Å². The number of benzene rings is 2. The predicted octanol–water partition coefficient (Wildman–Crippen LogP) is 2.71. The van der Waals surface area contributed by atoms with E-state index in [4.69, 9.17) is 0 Å². The number of amides is 1. The van der Waals surface area contributed by atoms with Gasteiger partial charge in [0.2, 0.25) is 15.9 Å². The molecule has 1 aliphatic heterocycles. The smallest absolute Gasteiger partial charge is 0.244 e. The topological polar surface area (TPSA) is 90.3 Å². The Labute approximate surface area is 172 Å². The highest BCUT2D eigenvalue weighted by atomic mass is 32.2. The molecule has 29 heavy (non-hydrogen) atoms. The number of nitrogens with one attached hydrogen (secondary N) is 1. The monoisotopic (exact) mass is 411 g/mol. The van der Waals surface area contributed by atoms with Crippen LogP contribution >= 0.6 is 0 Å². The first kappa shape index (κ1) is 21.0. The van der Waals surface area contributed by atoms with Crippen molar-refractivity contribution in [1.82, 2.24) is 9.62 Å². The van der Waals surface area contributed by atoms with Crippen molar-refractivity contribution in [2.24, 2.45) is 5.92 Å². The van der Waals surface area contributed by atoms with Gasteiger partial charge in [-0.25, -0.2) is 8.42 Å². The van der Waals surface area contributed by atoms with Gasteiger partial charge in [0.15, 0.2) is 0 Å². The van der Waals surface area contributed by atoms with Crippen molar-refractivity contribution in [3.63, 3.8) is 0 Å². The number of rotatable bonds is 7. The maximum Gasteiger partial charge on any atom is 0.244 e. The Hall–Kier alpha value is -2.69. The number of sulfonamides is 1. The van der Waals surface area contributed by atoms with E-state index in [-0.39, 0.29) is 35.4 Å². The number of aryl methyl sites for hydroxylation is 1. The van der Waals surface area contributed by atoms with E-state index in [1.807, 2.05) is 24.3 Å². The molecular weight excluding hydrogens is 386 g/mol. The molecule has 0 saturated carbocycles. The number of nitriles is 1. The standard InChI is InChI=1S/C22H25N3O3S/c23-17-20-10-4-5-11-21(20)29(27,28)25-15-12-19(13-16-25)22(26)24-14-6-9-18-7-2-1-3-8-18/h1-5,7-8,10-11,19H,6,9,12-16H2,(H,24,26). The molecule has 1 saturated heterocycles. The number of piperidine rings is 1. The summed E-state index contributed by atoms with van der Waals surface area (Å²) >= 11 is 0. The van der Waals surface area contributed by atoms with Crippen molar-refractivity contribution in [1.29, 1.82) is 5.26 Å². The third-order valence-electron chi connectivity index (χ3n) is 5.23. The van der Waals surface area contributed by atoms with Gasteiger partial charge >= 0.3 is 0 Å². The molecule has 0 aromatic heterocycles. The Morgan fingerprint density at radius 1 is 1.07 bits per heavy atom. The molecule has 3 rings (SSSR count). The number of hydrogen-bond acceptors (Lipinski definition) is 4. The average molecular weight is 412 g/mol. The van der Waals surface area contributed by atoms with Gasteiger partial charge in [0.25, 0.3) is 0 Å². The molecule has 0 bridgehead atoms. The van der Waals surface area contributed by atoms with Crippen molar-refractivity contribution in [3.8, 4) is 6.07 Å². The van der Waals surface area contributed by atoms with Gasteiger partial charge in [0, 0.05) is 25.6 Å². The van der Waals surface area contributed by atoms with Crippen LogP contribution in [-0.4, -0.2) is 38.3 Å². The molecule has 0 radical (unpaired) electrons. The summed E-state index contributed by atoms with van der Waals surface area (Å²) in [5.41, 5.74) is 1.39. The fourth-order valence-corrected chi connectivity index (χ4v) is 5.19. The minimum absolute atomic E-state index is 0.00691. The molecule has 1 aliphatic rings. The molecule has 152 valence electrons. The maximum absolute atomic E-state index is 12.9. The Morgan fingerprint density at radius 3 is 2.41 bits per heavy atom. The molecule has 1 amide bonds. The van der Waals surface area contributed by atoms with E-state index in [9.17, 15) is 18.5 Å². The molecule has 6 nitrogen and oxygen atoms in total. The molecule has 7 heteroatoms. The molecule has 0 unspecified atom stereocenters. The van der Waals surface area contributed by atoms with Crippen LogP contribution in [0.3, 0.4) is 0 Å². The molecule has 0 spiro atoms. The van der Waals surface area contributed by atoms with Crippen molar-refractivity contribution in [3.05, 3.63) is 65.7 Å². The van der Waals surface area contributed by atoms with Crippen molar-refractivity contribution < 1.29 is 13.2 Å². The zero-order chi connectivity index (χ0) is 20.7. The lowest BCUT2D eigenvalue weighted by atomic mass is 9.97. The highest BCUT2D eigenvalue weighted by molar-refractivity contribution is 7.89. The molecule has 0 atom stereocenters.